The molecule has 220 valence electrons. The van der Waals surface area contributed by atoms with E-state index < -0.39 is 11.5 Å². The highest BCUT2D eigenvalue weighted by atomic mass is 16.5. The molecule has 0 aliphatic carbocycles. The van der Waals surface area contributed by atoms with Gasteiger partial charge in [-0.2, -0.15) is 0 Å². The maximum absolute atomic E-state index is 13.4. The monoisotopic (exact) mass is 560 g/mol. The third kappa shape index (κ3) is 9.42. The first kappa shape index (κ1) is 31.8. The molecule has 41 heavy (non-hydrogen) atoms. The van der Waals surface area contributed by atoms with Gasteiger partial charge >= 0.3 is 5.97 Å². The van der Waals surface area contributed by atoms with Gasteiger partial charge in [0.05, 0.1) is 30.0 Å². The number of ether oxygens (including phenoxy) is 1. The van der Waals surface area contributed by atoms with E-state index in [9.17, 15) is 19.5 Å². The van der Waals surface area contributed by atoms with Crippen LogP contribution >= 0.6 is 0 Å². The molecule has 0 saturated heterocycles. The van der Waals surface area contributed by atoms with Crippen LogP contribution in [-0.2, 0) is 38.5 Å². The van der Waals surface area contributed by atoms with Crippen molar-refractivity contribution in [3.8, 4) is 0 Å². The van der Waals surface area contributed by atoms with E-state index in [2.05, 4.69) is 18.5 Å². The Hall–Kier alpha value is -3.71. The average molecular weight is 561 g/mol. The van der Waals surface area contributed by atoms with Crippen molar-refractivity contribution in [1.29, 1.82) is 0 Å². The fraction of sp³-hybridized carbons (Fsp3) is 0.441. The van der Waals surface area contributed by atoms with E-state index in [1.54, 1.807) is 30.9 Å². The van der Waals surface area contributed by atoms with Crippen LogP contribution in [0.25, 0.3) is 0 Å². The molecular weight excluding hydrogens is 516 g/mol. The lowest BCUT2D eigenvalue weighted by Gasteiger charge is -2.37. The Morgan fingerprint density at radius 3 is 2.39 bits per heavy atom. The van der Waals surface area contributed by atoms with Crippen molar-refractivity contribution in [2.45, 2.75) is 70.5 Å². The fourth-order valence-electron chi connectivity index (χ4n) is 5.22. The second kappa shape index (κ2) is 15.3. The van der Waals surface area contributed by atoms with Crippen molar-refractivity contribution in [2.24, 2.45) is 11.8 Å². The van der Waals surface area contributed by atoms with E-state index in [0.717, 1.165) is 16.7 Å². The SMILES string of the molecule is C=CCC[C@H](Cc1ccccc1)C(=O)OCC(C)(C)NC(=O)[C@@H](CC=C)CC(=O)N1Cc2ccccc2C[C@H]1CO. The second-order valence-electron chi connectivity index (χ2n) is 11.5. The molecule has 0 fully saturated rings. The smallest absolute Gasteiger partial charge is 0.309 e. The molecule has 2 aromatic rings. The van der Waals surface area contributed by atoms with Crippen LogP contribution in [0.1, 0.15) is 56.2 Å². The third-order valence-corrected chi connectivity index (χ3v) is 7.54. The Bertz CT molecular complexity index is 1190. The molecule has 0 bridgehead atoms. The summed E-state index contributed by atoms with van der Waals surface area (Å²) in [6, 6.07) is 17.4. The molecule has 0 unspecified atom stereocenters. The zero-order valence-electron chi connectivity index (χ0n) is 24.4. The topological polar surface area (TPSA) is 95.9 Å². The first-order valence-corrected chi connectivity index (χ1v) is 14.4. The Balaban J connectivity index is 1.60. The zero-order valence-corrected chi connectivity index (χ0v) is 24.4. The third-order valence-electron chi connectivity index (χ3n) is 7.54. The van der Waals surface area contributed by atoms with Gasteiger partial charge in [0, 0.05) is 13.0 Å². The van der Waals surface area contributed by atoms with Crippen LogP contribution in [0.5, 0.6) is 0 Å². The number of aliphatic hydroxyl groups excluding tert-OH is 1. The molecule has 0 aromatic heterocycles. The minimum Gasteiger partial charge on any atom is -0.463 e. The van der Waals surface area contributed by atoms with Crippen molar-refractivity contribution in [3.63, 3.8) is 0 Å². The lowest BCUT2D eigenvalue weighted by molar-refractivity contribution is -0.151. The Labute approximate surface area is 244 Å². The molecule has 0 spiro atoms. The summed E-state index contributed by atoms with van der Waals surface area (Å²) < 4.78 is 5.71. The number of hydrogen-bond donors (Lipinski definition) is 2. The summed E-state index contributed by atoms with van der Waals surface area (Å²) in [6.07, 6.45) is 6.21. The average Bonchev–Trinajstić information content (AvgIpc) is 2.97. The number of allylic oxidation sites excluding steroid dienone is 2. The molecule has 2 N–H and O–H groups in total. The van der Waals surface area contributed by atoms with Gasteiger partial charge in [-0.1, -0.05) is 66.7 Å². The molecular formula is C34H44N2O5. The zero-order chi connectivity index (χ0) is 29.8. The van der Waals surface area contributed by atoms with Crippen molar-refractivity contribution in [3.05, 3.63) is 96.6 Å². The Morgan fingerprint density at radius 2 is 1.73 bits per heavy atom. The van der Waals surface area contributed by atoms with Gasteiger partial charge in [-0.05, 0) is 62.6 Å². The first-order valence-electron chi connectivity index (χ1n) is 14.4. The number of fused-ring (bicyclic) bond motifs is 1. The number of carbonyl (C=O) groups excluding carboxylic acids is 3. The minimum absolute atomic E-state index is 0.00119. The summed E-state index contributed by atoms with van der Waals surface area (Å²) in [7, 11) is 0. The van der Waals surface area contributed by atoms with Crippen LogP contribution in [0.4, 0.5) is 0 Å². The van der Waals surface area contributed by atoms with Crippen molar-refractivity contribution in [1.82, 2.24) is 10.2 Å². The fourth-order valence-corrected chi connectivity index (χ4v) is 5.22. The van der Waals surface area contributed by atoms with Crippen LogP contribution < -0.4 is 5.32 Å². The lowest BCUT2D eigenvalue weighted by atomic mass is 9.92. The van der Waals surface area contributed by atoms with Gasteiger partial charge in [-0.3, -0.25) is 14.4 Å². The summed E-state index contributed by atoms with van der Waals surface area (Å²) in [5.74, 6) is -1.75. The molecule has 2 amide bonds. The van der Waals surface area contributed by atoms with E-state index >= 15 is 0 Å². The van der Waals surface area contributed by atoms with Gasteiger partial charge in [0.2, 0.25) is 11.8 Å². The molecule has 7 nitrogen and oxygen atoms in total. The predicted molar refractivity (Wildman–Crippen MR) is 161 cm³/mol. The van der Waals surface area contributed by atoms with Crippen molar-refractivity contribution in [2.75, 3.05) is 13.2 Å². The standard InChI is InChI=1S/C34H44N2O5/c1-5-7-16-28(19-25-14-9-8-10-15-25)33(40)41-24-34(3,4)35-32(39)27(13-6-2)21-31(38)36-22-29-18-12-11-17-26(29)20-30(36)23-37/h5-6,8-12,14-15,17-18,27-28,30,37H,1-2,7,13,16,19-24H2,3-4H3,(H,35,39)/t27-,28+,30-/m0/s1. The van der Waals surface area contributed by atoms with E-state index in [1.807, 2.05) is 54.6 Å². The summed E-state index contributed by atoms with van der Waals surface area (Å²) in [4.78, 5) is 41.4. The second-order valence-corrected chi connectivity index (χ2v) is 11.5. The molecule has 1 aliphatic heterocycles. The van der Waals surface area contributed by atoms with Crippen LogP contribution in [-0.4, -0.2) is 52.6 Å². The summed E-state index contributed by atoms with van der Waals surface area (Å²) in [5, 5.41) is 13.0. The number of nitrogens with one attached hydrogen (secondary N) is 1. The quantitative estimate of drug-likeness (QED) is 0.242. The van der Waals surface area contributed by atoms with Gasteiger partial charge in [0.1, 0.15) is 6.61 Å². The molecule has 0 radical (unpaired) electrons. The Morgan fingerprint density at radius 1 is 1.05 bits per heavy atom. The summed E-state index contributed by atoms with van der Waals surface area (Å²) in [5.41, 5.74) is 2.39. The van der Waals surface area contributed by atoms with Gasteiger partial charge < -0.3 is 20.1 Å². The molecule has 1 aliphatic rings. The minimum atomic E-state index is -0.845. The molecule has 2 aromatic carbocycles. The highest BCUT2D eigenvalue weighted by Gasteiger charge is 2.34. The van der Waals surface area contributed by atoms with Gasteiger partial charge in [0.25, 0.3) is 0 Å². The van der Waals surface area contributed by atoms with Gasteiger partial charge in [0.15, 0.2) is 0 Å². The van der Waals surface area contributed by atoms with Crippen molar-refractivity contribution >= 4 is 17.8 Å². The highest BCUT2D eigenvalue weighted by Crippen LogP contribution is 2.26. The maximum Gasteiger partial charge on any atom is 0.309 e. The van der Waals surface area contributed by atoms with E-state index in [-0.39, 0.29) is 49.4 Å². The normalized spacial score (nSPS) is 16.2. The predicted octanol–water partition coefficient (Wildman–Crippen LogP) is 4.78. The van der Waals surface area contributed by atoms with Crippen LogP contribution in [0.3, 0.4) is 0 Å². The van der Waals surface area contributed by atoms with Crippen LogP contribution in [0.15, 0.2) is 79.9 Å². The molecule has 3 atom stereocenters. The largest absolute Gasteiger partial charge is 0.463 e. The first-order chi connectivity index (χ1) is 19.7. The van der Waals surface area contributed by atoms with Crippen molar-refractivity contribution < 1.29 is 24.2 Å². The van der Waals surface area contributed by atoms with Crippen LogP contribution in [0.2, 0.25) is 0 Å². The number of carbonyl (C=O) groups is 3. The number of benzene rings is 2. The number of amides is 2. The van der Waals surface area contributed by atoms with E-state index in [1.165, 1.54) is 0 Å². The number of esters is 1. The van der Waals surface area contributed by atoms with Gasteiger partial charge in [-0.15, -0.1) is 13.2 Å². The maximum atomic E-state index is 13.4. The van der Waals surface area contributed by atoms with Gasteiger partial charge in [-0.25, -0.2) is 0 Å². The number of hydrogen-bond acceptors (Lipinski definition) is 5. The Kier molecular flexibility index (Phi) is 11.9. The molecule has 0 saturated carbocycles. The molecule has 3 rings (SSSR count). The number of rotatable bonds is 15. The lowest BCUT2D eigenvalue weighted by Crippen LogP contribution is -2.51. The van der Waals surface area contributed by atoms with Crippen LogP contribution in [0, 0.1) is 11.8 Å². The molecule has 1 heterocycles. The van der Waals surface area contributed by atoms with E-state index in [0.29, 0.717) is 38.6 Å². The number of aliphatic hydroxyl groups is 1. The molecule has 7 heteroatoms. The summed E-state index contributed by atoms with van der Waals surface area (Å²) >= 11 is 0. The number of nitrogens with zero attached hydrogens (tertiary/aromatic N) is 1. The highest BCUT2D eigenvalue weighted by molar-refractivity contribution is 5.86. The van der Waals surface area contributed by atoms with E-state index in [4.69, 9.17) is 4.74 Å². The summed E-state index contributed by atoms with van der Waals surface area (Å²) in [6.45, 7) is 11.4.